The van der Waals surface area contributed by atoms with Crippen LogP contribution in [0, 0.1) is 6.92 Å². The molecule has 0 aliphatic rings. The fraction of sp³-hybridized carbons (Fsp3) is 0.600. The Kier molecular flexibility index (Phi) is 6.05. The highest BCUT2D eigenvalue weighted by molar-refractivity contribution is 5.79. The number of guanidine groups is 1. The van der Waals surface area contributed by atoms with Crippen molar-refractivity contribution < 1.29 is 4.74 Å². The summed E-state index contributed by atoms with van der Waals surface area (Å²) >= 11 is 0. The minimum atomic E-state index is 0.561. The molecule has 0 bridgehead atoms. The van der Waals surface area contributed by atoms with Crippen LogP contribution in [0.25, 0.3) is 0 Å². The Morgan fingerprint density at radius 3 is 3.06 bits per heavy atom. The second-order valence-corrected chi connectivity index (χ2v) is 3.57. The SMILES string of the molecule is COCCN=C(NN)NCCn1cc(C)cn1. The first-order valence-corrected chi connectivity index (χ1v) is 5.49. The minimum absolute atomic E-state index is 0.561. The van der Waals surface area contributed by atoms with Gasteiger partial charge in [-0.1, -0.05) is 0 Å². The first-order chi connectivity index (χ1) is 8.26. The van der Waals surface area contributed by atoms with E-state index < -0.39 is 0 Å². The summed E-state index contributed by atoms with van der Waals surface area (Å²) in [7, 11) is 1.64. The number of nitrogens with two attached hydrogens (primary N) is 1. The van der Waals surface area contributed by atoms with Crippen LogP contribution in [0.1, 0.15) is 5.56 Å². The van der Waals surface area contributed by atoms with Crippen LogP contribution >= 0.6 is 0 Å². The summed E-state index contributed by atoms with van der Waals surface area (Å²) in [5, 5.41) is 7.26. The third-order valence-corrected chi connectivity index (χ3v) is 2.10. The Morgan fingerprint density at radius 1 is 1.65 bits per heavy atom. The molecule has 7 nitrogen and oxygen atoms in total. The highest BCUT2D eigenvalue weighted by Crippen LogP contribution is 1.92. The summed E-state index contributed by atoms with van der Waals surface area (Å²) in [6.07, 6.45) is 3.81. The molecule has 96 valence electrons. The number of aromatic nitrogens is 2. The van der Waals surface area contributed by atoms with E-state index in [0.717, 1.165) is 12.1 Å². The predicted octanol–water partition coefficient (Wildman–Crippen LogP) is -0.753. The van der Waals surface area contributed by atoms with Crippen LogP contribution in [0.15, 0.2) is 17.4 Å². The van der Waals surface area contributed by atoms with E-state index >= 15 is 0 Å². The molecule has 7 heteroatoms. The van der Waals surface area contributed by atoms with E-state index in [4.69, 9.17) is 10.6 Å². The van der Waals surface area contributed by atoms with Crippen molar-refractivity contribution >= 4 is 5.96 Å². The molecule has 0 aromatic carbocycles. The monoisotopic (exact) mass is 240 g/mol. The number of methoxy groups -OCH3 is 1. The van der Waals surface area contributed by atoms with Crippen molar-refractivity contribution in [2.45, 2.75) is 13.5 Å². The number of hydrogen-bond acceptors (Lipinski definition) is 4. The standard InChI is InChI=1S/C10H20N6O/c1-9-7-14-16(8-9)5-3-12-10(15-11)13-4-6-17-2/h7-8H,3-6,11H2,1-2H3,(H2,12,13,15). The largest absolute Gasteiger partial charge is 0.383 e. The molecule has 1 heterocycles. The smallest absolute Gasteiger partial charge is 0.205 e. The topological polar surface area (TPSA) is 89.5 Å². The maximum atomic E-state index is 5.33. The summed E-state index contributed by atoms with van der Waals surface area (Å²) in [5.41, 5.74) is 3.66. The van der Waals surface area contributed by atoms with Crippen molar-refractivity contribution in [3.8, 4) is 0 Å². The summed E-state index contributed by atoms with van der Waals surface area (Å²) in [4.78, 5) is 4.18. The van der Waals surface area contributed by atoms with E-state index in [1.165, 1.54) is 0 Å². The van der Waals surface area contributed by atoms with Crippen molar-refractivity contribution in [3.05, 3.63) is 18.0 Å². The lowest BCUT2D eigenvalue weighted by Crippen LogP contribution is -2.43. The van der Waals surface area contributed by atoms with Gasteiger partial charge in [0.1, 0.15) is 0 Å². The normalized spacial score (nSPS) is 11.6. The molecule has 1 aromatic heterocycles. The van der Waals surface area contributed by atoms with Crippen LogP contribution < -0.4 is 16.6 Å². The number of rotatable bonds is 6. The summed E-state index contributed by atoms with van der Waals surface area (Å²) in [6.45, 7) is 4.63. The van der Waals surface area contributed by atoms with E-state index in [-0.39, 0.29) is 0 Å². The Labute approximate surface area is 101 Å². The van der Waals surface area contributed by atoms with Crippen molar-refractivity contribution in [2.75, 3.05) is 26.8 Å². The molecule has 17 heavy (non-hydrogen) atoms. The summed E-state index contributed by atoms with van der Waals surface area (Å²) in [6, 6.07) is 0. The van der Waals surface area contributed by atoms with Crippen LogP contribution in [-0.2, 0) is 11.3 Å². The third kappa shape index (κ3) is 5.32. The predicted molar refractivity (Wildman–Crippen MR) is 66.5 cm³/mol. The Bertz CT molecular complexity index is 348. The highest BCUT2D eigenvalue weighted by Gasteiger charge is 1.96. The number of aryl methyl sites for hydroxylation is 1. The quantitative estimate of drug-likeness (QED) is 0.200. The molecule has 0 aliphatic heterocycles. The lowest BCUT2D eigenvalue weighted by atomic mass is 10.4. The van der Waals surface area contributed by atoms with E-state index in [2.05, 4.69) is 20.8 Å². The van der Waals surface area contributed by atoms with Gasteiger partial charge in [0.2, 0.25) is 5.96 Å². The maximum Gasteiger partial charge on any atom is 0.205 e. The molecule has 0 saturated carbocycles. The molecular formula is C10H20N6O. The van der Waals surface area contributed by atoms with Crippen molar-refractivity contribution in [1.29, 1.82) is 0 Å². The van der Waals surface area contributed by atoms with Crippen LogP contribution in [0.4, 0.5) is 0 Å². The van der Waals surface area contributed by atoms with Gasteiger partial charge in [-0.25, -0.2) is 10.8 Å². The fourth-order valence-corrected chi connectivity index (χ4v) is 1.28. The van der Waals surface area contributed by atoms with Crippen molar-refractivity contribution in [1.82, 2.24) is 20.5 Å². The van der Waals surface area contributed by atoms with Gasteiger partial charge in [-0.05, 0) is 12.5 Å². The van der Waals surface area contributed by atoms with E-state index in [0.29, 0.717) is 25.7 Å². The third-order valence-electron chi connectivity index (χ3n) is 2.10. The van der Waals surface area contributed by atoms with Gasteiger partial charge in [-0.2, -0.15) is 5.10 Å². The van der Waals surface area contributed by atoms with Gasteiger partial charge in [-0.15, -0.1) is 0 Å². The molecule has 0 atom stereocenters. The summed E-state index contributed by atoms with van der Waals surface area (Å²) < 4.78 is 6.76. The molecule has 0 aliphatic carbocycles. The number of ether oxygens (including phenoxy) is 1. The molecule has 0 amide bonds. The first kappa shape index (κ1) is 13.5. The van der Waals surface area contributed by atoms with Crippen LogP contribution in [0.2, 0.25) is 0 Å². The van der Waals surface area contributed by atoms with Gasteiger partial charge in [0.25, 0.3) is 0 Å². The Hall–Kier alpha value is -1.60. The number of nitrogens with one attached hydrogen (secondary N) is 2. The molecule has 4 N–H and O–H groups in total. The van der Waals surface area contributed by atoms with Crippen LogP contribution in [0.5, 0.6) is 0 Å². The van der Waals surface area contributed by atoms with Crippen molar-refractivity contribution in [3.63, 3.8) is 0 Å². The van der Waals surface area contributed by atoms with Gasteiger partial charge >= 0.3 is 0 Å². The highest BCUT2D eigenvalue weighted by atomic mass is 16.5. The average molecular weight is 240 g/mol. The zero-order valence-electron chi connectivity index (χ0n) is 10.3. The number of hydrogen-bond donors (Lipinski definition) is 3. The fourth-order valence-electron chi connectivity index (χ4n) is 1.28. The van der Waals surface area contributed by atoms with E-state index in [1.807, 2.05) is 24.0 Å². The van der Waals surface area contributed by atoms with Gasteiger partial charge in [0.05, 0.1) is 25.9 Å². The van der Waals surface area contributed by atoms with Crippen molar-refractivity contribution in [2.24, 2.45) is 10.8 Å². The molecular weight excluding hydrogens is 220 g/mol. The minimum Gasteiger partial charge on any atom is -0.383 e. The number of nitrogens with zero attached hydrogens (tertiary/aromatic N) is 3. The second-order valence-electron chi connectivity index (χ2n) is 3.57. The molecule has 0 unspecified atom stereocenters. The molecule has 1 rings (SSSR count). The van der Waals surface area contributed by atoms with E-state index in [1.54, 1.807) is 7.11 Å². The van der Waals surface area contributed by atoms with Gasteiger partial charge in [-0.3, -0.25) is 10.1 Å². The molecule has 0 fully saturated rings. The Balaban J connectivity index is 2.25. The molecule has 0 radical (unpaired) electrons. The summed E-state index contributed by atoms with van der Waals surface area (Å²) in [5.74, 6) is 5.89. The van der Waals surface area contributed by atoms with Crippen LogP contribution in [-0.4, -0.2) is 42.5 Å². The number of aliphatic imine (C=N–C) groups is 1. The van der Waals surface area contributed by atoms with Gasteiger partial charge < -0.3 is 10.1 Å². The maximum absolute atomic E-state index is 5.33. The average Bonchev–Trinajstić information content (AvgIpc) is 2.73. The van der Waals surface area contributed by atoms with Gasteiger partial charge in [0, 0.05) is 19.9 Å². The first-order valence-electron chi connectivity index (χ1n) is 5.49. The Morgan fingerprint density at radius 2 is 2.47 bits per heavy atom. The number of hydrazine groups is 1. The zero-order valence-corrected chi connectivity index (χ0v) is 10.3. The molecule has 0 saturated heterocycles. The second kappa shape index (κ2) is 7.64. The molecule has 1 aromatic rings. The molecule has 0 spiro atoms. The lowest BCUT2D eigenvalue weighted by molar-refractivity contribution is 0.208. The van der Waals surface area contributed by atoms with Crippen LogP contribution in [0.3, 0.4) is 0 Å². The lowest BCUT2D eigenvalue weighted by Gasteiger charge is -2.09. The van der Waals surface area contributed by atoms with Gasteiger partial charge in [0.15, 0.2) is 0 Å². The van der Waals surface area contributed by atoms with E-state index in [9.17, 15) is 0 Å². The zero-order chi connectivity index (χ0) is 12.5.